The van der Waals surface area contributed by atoms with Gasteiger partial charge in [0.2, 0.25) is 10.8 Å². The Morgan fingerprint density at radius 3 is 2.81 bits per heavy atom. The third-order valence-electron chi connectivity index (χ3n) is 4.60. The van der Waals surface area contributed by atoms with Crippen LogP contribution in [0.1, 0.15) is 23.4 Å². The van der Waals surface area contributed by atoms with E-state index in [2.05, 4.69) is 15.0 Å². The molecule has 27 heavy (non-hydrogen) atoms. The average Bonchev–Trinajstić information content (AvgIpc) is 3.28. The molecule has 4 rings (SSSR count). The van der Waals surface area contributed by atoms with Crippen LogP contribution in [0.2, 0.25) is 0 Å². The Bertz CT molecular complexity index is 919. The van der Waals surface area contributed by atoms with E-state index in [1.54, 1.807) is 7.11 Å². The minimum absolute atomic E-state index is 0.122. The molecule has 2 aromatic heterocycles. The van der Waals surface area contributed by atoms with E-state index in [0.29, 0.717) is 36.3 Å². The van der Waals surface area contributed by atoms with Crippen LogP contribution in [0.25, 0.3) is 4.96 Å². The summed E-state index contributed by atoms with van der Waals surface area (Å²) in [6.45, 7) is 5.37. The maximum Gasteiger partial charge on any atom is 0.230 e. The van der Waals surface area contributed by atoms with Crippen LogP contribution in [0.15, 0.2) is 24.5 Å². The van der Waals surface area contributed by atoms with Crippen molar-refractivity contribution in [1.82, 2.24) is 19.5 Å². The van der Waals surface area contributed by atoms with Crippen LogP contribution in [0.3, 0.4) is 0 Å². The number of aromatic nitrogens is 3. The highest BCUT2D eigenvalue weighted by Gasteiger charge is 2.31. The van der Waals surface area contributed by atoms with Gasteiger partial charge in [0.15, 0.2) is 11.5 Å². The van der Waals surface area contributed by atoms with E-state index < -0.39 is 0 Å². The van der Waals surface area contributed by atoms with Crippen molar-refractivity contribution < 1.29 is 19.3 Å². The summed E-state index contributed by atoms with van der Waals surface area (Å²) >= 11 is 1.44. The van der Waals surface area contributed by atoms with Crippen LogP contribution in [0, 0.1) is 0 Å². The van der Waals surface area contributed by atoms with Gasteiger partial charge in [-0.3, -0.25) is 4.90 Å². The van der Waals surface area contributed by atoms with E-state index in [0.717, 1.165) is 23.5 Å². The second kappa shape index (κ2) is 7.71. The first-order chi connectivity index (χ1) is 13.2. The lowest BCUT2D eigenvalue weighted by atomic mass is 10.0. The molecule has 0 spiro atoms. The van der Waals surface area contributed by atoms with E-state index in [-0.39, 0.29) is 11.9 Å². The number of hydrogen-bond acceptors (Lipinski definition) is 8. The summed E-state index contributed by atoms with van der Waals surface area (Å²) in [6, 6.07) is 5.76. The number of rotatable bonds is 6. The molecule has 1 fully saturated rings. The van der Waals surface area contributed by atoms with Gasteiger partial charge in [0.05, 0.1) is 37.8 Å². The molecule has 0 amide bonds. The zero-order valence-corrected chi connectivity index (χ0v) is 16.1. The van der Waals surface area contributed by atoms with E-state index >= 15 is 0 Å². The standard InChI is InChI=1S/C18H22N4O4S/c1-3-26-13-5-4-12(10-14(13)24-2)15(21-6-8-25-9-7-21)16-17(23)22-18(27-16)19-11-20-22/h4-5,10-11,15,23H,3,6-9H2,1-2H3. The Hall–Kier alpha value is -2.36. The number of nitrogens with zero attached hydrogens (tertiary/aromatic N) is 4. The highest BCUT2D eigenvalue weighted by molar-refractivity contribution is 7.17. The molecule has 0 aliphatic carbocycles. The van der Waals surface area contributed by atoms with Crippen molar-refractivity contribution in [3.8, 4) is 17.4 Å². The smallest absolute Gasteiger partial charge is 0.230 e. The largest absolute Gasteiger partial charge is 0.493 e. The van der Waals surface area contributed by atoms with Gasteiger partial charge in [-0.1, -0.05) is 17.4 Å². The topological polar surface area (TPSA) is 81.4 Å². The van der Waals surface area contributed by atoms with Gasteiger partial charge in [0.25, 0.3) is 0 Å². The molecule has 144 valence electrons. The Morgan fingerprint density at radius 2 is 2.11 bits per heavy atom. The van der Waals surface area contributed by atoms with Crippen molar-refractivity contribution in [2.45, 2.75) is 13.0 Å². The van der Waals surface area contributed by atoms with Crippen molar-refractivity contribution in [3.63, 3.8) is 0 Å². The zero-order chi connectivity index (χ0) is 18.8. The molecule has 0 radical (unpaired) electrons. The number of morpholine rings is 1. The highest BCUT2D eigenvalue weighted by Crippen LogP contribution is 2.42. The molecule has 1 N–H and O–H groups in total. The summed E-state index contributed by atoms with van der Waals surface area (Å²) in [5.74, 6) is 1.50. The van der Waals surface area contributed by atoms with Crippen LogP contribution in [0.5, 0.6) is 17.4 Å². The lowest BCUT2D eigenvalue weighted by Crippen LogP contribution is -2.39. The first-order valence-corrected chi connectivity index (χ1v) is 9.68. The summed E-state index contributed by atoms with van der Waals surface area (Å²) in [7, 11) is 1.63. The molecule has 1 aromatic carbocycles. The molecular weight excluding hydrogens is 368 g/mol. The molecular formula is C18H22N4O4S. The van der Waals surface area contributed by atoms with Crippen molar-refractivity contribution >= 4 is 16.3 Å². The SMILES string of the molecule is CCOc1ccc(C(c2sc3ncnn3c2O)N2CCOCC2)cc1OC. The first-order valence-electron chi connectivity index (χ1n) is 8.86. The minimum atomic E-state index is -0.146. The minimum Gasteiger partial charge on any atom is -0.493 e. The number of methoxy groups -OCH3 is 1. The number of thiazole rings is 1. The Labute approximate surface area is 160 Å². The molecule has 1 aliphatic rings. The fraction of sp³-hybridized carbons (Fsp3) is 0.444. The maximum atomic E-state index is 10.8. The second-order valence-electron chi connectivity index (χ2n) is 6.14. The second-order valence-corrected chi connectivity index (χ2v) is 7.15. The predicted molar refractivity (Wildman–Crippen MR) is 101 cm³/mol. The zero-order valence-electron chi connectivity index (χ0n) is 15.3. The lowest BCUT2D eigenvalue weighted by molar-refractivity contribution is 0.0240. The number of hydrogen-bond donors (Lipinski definition) is 1. The first kappa shape index (κ1) is 18.0. The van der Waals surface area contributed by atoms with Crippen LogP contribution < -0.4 is 9.47 Å². The quantitative estimate of drug-likeness (QED) is 0.692. The van der Waals surface area contributed by atoms with Crippen LogP contribution in [0.4, 0.5) is 0 Å². The Balaban J connectivity index is 1.80. The summed E-state index contributed by atoms with van der Waals surface area (Å²) in [5.41, 5.74) is 1.01. The van der Waals surface area contributed by atoms with Gasteiger partial charge in [-0.05, 0) is 24.6 Å². The van der Waals surface area contributed by atoms with Gasteiger partial charge < -0.3 is 19.3 Å². The summed E-state index contributed by atoms with van der Waals surface area (Å²) < 4.78 is 18.2. The monoisotopic (exact) mass is 390 g/mol. The molecule has 8 nitrogen and oxygen atoms in total. The van der Waals surface area contributed by atoms with Crippen LogP contribution in [-0.4, -0.2) is 64.6 Å². The highest BCUT2D eigenvalue weighted by atomic mass is 32.1. The summed E-state index contributed by atoms with van der Waals surface area (Å²) in [4.78, 5) is 7.98. The Morgan fingerprint density at radius 1 is 1.30 bits per heavy atom. The molecule has 9 heteroatoms. The van der Waals surface area contributed by atoms with Gasteiger partial charge in [-0.25, -0.2) is 4.98 Å². The summed E-state index contributed by atoms with van der Waals surface area (Å²) in [6.07, 6.45) is 1.44. The summed E-state index contributed by atoms with van der Waals surface area (Å²) in [5, 5.41) is 14.9. The van der Waals surface area contributed by atoms with Gasteiger partial charge in [-0.15, -0.1) is 0 Å². The average molecular weight is 390 g/mol. The predicted octanol–water partition coefficient (Wildman–Crippen LogP) is 2.33. The number of ether oxygens (including phenoxy) is 3. The molecule has 0 saturated carbocycles. The molecule has 3 aromatic rings. The molecule has 1 saturated heterocycles. The van der Waals surface area contributed by atoms with E-state index in [4.69, 9.17) is 14.2 Å². The number of aromatic hydroxyl groups is 1. The molecule has 0 bridgehead atoms. The van der Waals surface area contributed by atoms with Gasteiger partial charge in [0, 0.05) is 13.1 Å². The van der Waals surface area contributed by atoms with Crippen LogP contribution in [-0.2, 0) is 4.74 Å². The van der Waals surface area contributed by atoms with Crippen molar-refractivity contribution in [1.29, 1.82) is 0 Å². The fourth-order valence-electron chi connectivity index (χ4n) is 3.36. The van der Waals surface area contributed by atoms with Crippen molar-refractivity contribution in [2.24, 2.45) is 0 Å². The van der Waals surface area contributed by atoms with E-state index in [1.165, 1.54) is 22.2 Å². The third kappa shape index (κ3) is 3.33. The lowest BCUT2D eigenvalue weighted by Gasteiger charge is -2.34. The van der Waals surface area contributed by atoms with E-state index in [9.17, 15) is 5.11 Å². The third-order valence-corrected chi connectivity index (χ3v) is 5.69. The van der Waals surface area contributed by atoms with Crippen molar-refractivity contribution in [3.05, 3.63) is 35.0 Å². The van der Waals surface area contributed by atoms with Crippen LogP contribution >= 0.6 is 11.3 Å². The molecule has 3 heterocycles. The fourth-order valence-corrected chi connectivity index (χ4v) is 4.46. The molecule has 1 unspecified atom stereocenters. The normalized spacial score (nSPS) is 16.5. The molecule has 1 atom stereocenters. The van der Waals surface area contributed by atoms with Crippen molar-refractivity contribution in [2.75, 3.05) is 40.0 Å². The molecule has 1 aliphatic heterocycles. The number of fused-ring (bicyclic) bond motifs is 1. The maximum absolute atomic E-state index is 10.8. The van der Waals surface area contributed by atoms with Gasteiger partial charge in [-0.2, -0.15) is 9.61 Å². The Kier molecular flexibility index (Phi) is 5.15. The van der Waals surface area contributed by atoms with Gasteiger partial charge in [0.1, 0.15) is 6.33 Å². The van der Waals surface area contributed by atoms with Gasteiger partial charge >= 0.3 is 0 Å². The van der Waals surface area contributed by atoms with E-state index in [1.807, 2.05) is 25.1 Å². The number of benzene rings is 1.